The summed E-state index contributed by atoms with van der Waals surface area (Å²) in [6, 6.07) is 11.3. The van der Waals surface area contributed by atoms with Crippen LogP contribution < -0.4 is 24.3 Å². The average Bonchev–Trinajstić information content (AvgIpc) is 2.90. The Labute approximate surface area is 210 Å². The molecule has 1 aliphatic carbocycles. The number of ketones is 1. The first kappa shape index (κ1) is 25.2. The summed E-state index contributed by atoms with van der Waals surface area (Å²) in [5.74, 6) is 0.304. The van der Waals surface area contributed by atoms with E-state index in [4.69, 9.17) is 23.7 Å². The van der Waals surface area contributed by atoms with Crippen molar-refractivity contribution in [2.24, 2.45) is 5.92 Å². The van der Waals surface area contributed by atoms with Gasteiger partial charge in [0.15, 0.2) is 11.5 Å². The molecule has 4 rings (SSSR count). The third-order valence-corrected chi connectivity index (χ3v) is 6.86. The Morgan fingerprint density at radius 2 is 1.50 bits per heavy atom. The molecule has 0 saturated carbocycles. The van der Waals surface area contributed by atoms with E-state index in [2.05, 4.69) is 11.4 Å². The van der Waals surface area contributed by atoms with Crippen LogP contribution in [0.25, 0.3) is 0 Å². The number of fused-ring (bicyclic) bond motifs is 1. The largest absolute Gasteiger partial charge is 0.497 e. The molecule has 36 heavy (non-hydrogen) atoms. The molecule has 0 bridgehead atoms. The lowest BCUT2D eigenvalue weighted by Crippen LogP contribution is -2.41. The van der Waals surface area contributed by atoms with Crippen LogP contribution in [0.4, 0.5) is 0 Å². The van der Waals surface area contributed by atoms with Crippen molar-refractivity contribution in [3.63, 3.8) is 0 Å². The summed E-state index contributed by atoms with van der Waals surface area (Å²) in [6.45, 7) is 1.82. The first-order valence-corrected chi connectivity index (χ1v) is 11.6. The molecule has 0 aromatic heterocycles. The van der Waals surface area contributed by atoms with Crippen molar-refractivity contribution in [2.45, 2.75) is 25.2 Å². The summed E-state index contributed by atoms with van der Waals surface area (Å²) in [5.41, 5.74) is 3.49. The first-order valence-electron chi connectivity index (χ1n) is 11.6. The summed E-state index contributed by atoms with van der Waals surface area (Å²) in [4.78, 5) is 26.7. The minimum Gasteiger partial charge on any atom is -0.497 e. The Bertz CT molecular complexity index is 1200. The van der Waals surface area contributed by atoms with Crippen molar-refractivity contribution >= 4 is 11.8 Å². The van der Waals surface area contributed by atoms with Crippen molar-refractivity contribution in [1.29, 1.82) is 0 Å². The van der Waals surface area contributed by atoms with E-state index in [1.807, 2.05) is 31.2 Å². The second-order valence-corrected chi connectivity index (χ2v) is 8.74. The van der Waals surface area contributed by atoms with Crippen LogP contribution in [0.3, 0.4) is 0 Å². The molecule has 0 amide bonds. The molecule has 2 aromatic rings. The molecule has 3 unspecified atom stereocenters. The normalized spacial score (nSPS) is 21.1. The molecular weight excluding hydrogens is 462 g/mol. The maximum Gasteiger partial charge on any atom is 0.336 e. The van der Waals surface area contributed by atoms with Gasteiger partial charge in [0.25, 0.3) is 0 Å². The van der Waals surface area contributed by atoms with Gasteiger partial charge in [0.05, 0.1) is 47.0 Å². The van der Waals surface area contributed by atoms with Crippen LogP contribution in [0, 0.1) is 5.92 Å². The number of methoxy groups -OCH3 is 5. The molecule has 0 fully saturated rings. The summed E-state index contributed by atoms with van der Waals surface area (Å²) < 4.78 is 27.0. The van der Waals surface area contributed by atoms with Crippen LogP contribution in [0.5, 0.6) is 23.0 Å². The van der Waals surface area contributed by atoms with E-state index in [9.17, 15) is 9.59 Å². The molecule has 190 valence electrons. The fourth-order valence-corrected chi connectivity index (χ4v) is 5.16. The van der Waals surface area contributed by atoms with E-state index < -0.39 is 17.8 Å². The SMILES string of the molecule is COC(=O)C1=C(C)NC2=CC(c3ccc(OC)cc3)CC(=O)C2C1c1cc(OC)c(OC)c(OC)c1. The van der Waals surface area contributed by atoms with Crippen LogP contribution in [0.15, 0.2) is 59.4 Å². The van der Waals surface area contributed by atoms with Crippen LogP contribution in [0.1, 0.15) is 36.3 Å². The minimum absolute atomic E-state index is 0.0217. The third kappa shape index (κ3) is 4.39. The Morgan fingerprint density at radius 3 is 2.03 bits per heavy atom. The molecule has 0 spiro atoms. The first-order chi connectivity index (χ1) is 17.4. The number of hydrogen-bond donors (Lipinski definition) is 1. The molecule has 8 nitrogen and oxygen atoms in total. The Morgan fingerprint density at radius 1 is 0.861 bits per heavy atom. The molecule has 1 heterocycles. The predicted molar refractivity (Wildman–Crippen MR) is 134 cm³/mol. The standard InChI is InChI=1S/C28H31NO7/c1-15-24(28(31)36-6)25(18-13-22(33-3)27(35-5)23(14-18)34-4)26-20(29-15)11-17(12-21(26)30)16-7-9-19(32-2)10-8-16/h7-11,13-14,17,25-26,29H,12H2,1-6H3. The van der Waals surface area contributed by atoms with Crippen molar-refractivity contribution in [3.05, 3.63) is 70.6 Å². The fourth-order valence-electron chi connectivity index (χ4n) is 5.16. The van der Waals surface area contributed by atoms with Crippen LogP contribution in [0.2, 0.25) is 0 Å². The molecule has 3 atom stereocenters. The monoisotopic (exact) mass is 493 g/mol. The van der Waals surface area contributed by atoms with Crippen molar-refractivity contribution in [3.8, 4) is 23.0 Å². The number of hydrogen-bond acceptors (Lipinski definition) is 8. The fraction of sp³-hybridized carbons (Fsp3) is 0.357. The number of esters is 1. The number of carbonyl (C=O) groups excluding carboxylic acids is 2. The molecule has 8 heteroatoms. The van der Waals surface area contributed by atoms with E-state index in [0.29, 0.717) is 40.5 Å². The van der Waals surface area contributed by atoms with Crippen LogP contribution in [-0.4, -0.2) is 47.3 Å². The summed E-state index contributed by atoms with van der Waals surface area (Å²) in [7, 11) is 7.54. The Hall–Kier alpha value is -3.94. The zero-order chi connectivity index (χ0) is 26.0. The molecule has 2 aliphatic rings. The lowest BCUT2D eigenvalue weighted by molar-refractivity contribution is -0.136. The van der Waals surface area contributed by atoms with Crippen LogP contribution >= 0.6 is 0 Å². The summed E-state index contributed by atoms with van der Waals surface area (Å²) >= 11 is 0. The van der Waals surface area contributed by atoms with Gasteiger partial charge < -0.3 is 29.0 Å². The molecule has 2 aromatic carbocycles. The van der Waals surface area contributed by atoms with Crippen molar-refractivity contribution in [1.82, 2.24) is 5.32 Å². The van der Waals surface area contributed by atoms with Gasteiger partial charge in [-0.3, -0.25) is 4.79 Å². The lowest BCUT2D eigenvalue weighted by atomic mass is 9.68. The van der Waals surface area contributed by atoms with Gasteiger partial charge in [-0.1, -0.05) is 18.2 Å². The van der Waals surface area contributed by atoms with Crippen molar-refractivity contribution in [2.75, 3.05) is 35.5 Å². The quantitative estimate of drug-likeness (QED) is 0.576. The number of nitrogens with one attached hydrogen (secondary N) is 1. The summed E-state index contributed by atoms with van der Waals surface area (Å²) in [6.07, 6.45) is 2.38. The Balaban J connectivity index is 1.87. The molecule has 0 radical (unpaired) electrons. The number of allylic oxidation sites excluding steroid dienone is 3. The zero-order valence-electron chi connectivity index (χ0n) is 21.3. The van der Waals surface area contributed by atoms with Crippen LogP contribution in [-0.2, 0) is 14.3 Å². The maximum atomic E-state index is 13.7. The van der Waals surface area contributed by atoms with Gasteiger partial charge in [0.2, 0.25) is 5.75 Å². The van der Waals surface area contributed by atoms with E-state index in [1.54, 1.807) is 19.2 Å². The number of ether oxygens (including phenoxy) is 5. The van der Waals surface area contributed by atoms with Gasteiger partial charge in [0, 0.05) is 29.7 Å². The highest BCUT2D eigenvalue weighted by Crippen LogP contribution is 2.49. The van der Waals surface area contributed by atoms with Gasteiger partial charge in [-0.15, -0.1) is 0 Å². The highest BCUT2D eigenvalue weighted by molar-refractivity contribution is 5.96. The smallest absolute Gasteiger partial charge is 0.336 e. The zero-order valence-corrected chi connectivity index (χ0v) is 21.3. The maximum absolute atomic E-state index is 13.7. The third-order valence-electron chi connectivity index (χ3n) is 6.86. The topological polar surface area (TPSA) is 92.3 Å². The number of rotatable bonds is 7. The molecule has 1 N–H and O–H groups in total. The second kappa shape index (κ2) is 10.4. The van der Waals surface area contributed by atoms with Gasteiger partial charge >= 0.3 is 5.97 Å². The van der Waals surface area contributed by atoms with E-state index in [-0.39, 0.29) is 11.7 Å². The van der Waals surface area contributed by atoms with Crippen molar-refractivity contribution < 1.29 is 33.3 Å². The molecular formula is C28H31NO7. The number of carbonyl (C=O) groups is 2. The molecule has 1 aliphatic heterocycles. The van der Waals surface area contributed by atoms with Gasteiger partial charge in [-0.25, -0.2) is 4.79 Å². The highest BCUT2D eigenvalue weighted by Gasteiger charge is 2.45. The number of Topliss-reactive ketones (excluding diaryl/α,β-unsaturated/α-hetero) is 1. The van der Waals surface area contributed by atoms with Gasteiger partial charge in [-0.05, 0) is 42.3 Å². The predicted octanol–water partition coefficient (Wildman–Crippen LogP) is 4.11. The highest BCUT2D eigenvalue weighted by atomic mass is 16.5. The molecule has 0 saturated heterocycles. The van der Waals surface area contributed by atoms with E-state index in [0.717, 1.165) is 17.0 Å². The van der Waals surface area contributed by atoms with E-state index in [1.165, 1.54) is 28.4 Å². The summed E-state index contributed by atoms with van der Waals surface area (Å²) in [5, 5.41) is 3.32. The minimum atomic E-state index is -0.597. The average molecular weight is 494 g/mol. The van der Waals surface area contributed by atoms with Gasteiger partial charge in [-0.2, -0.15) is 0 Å². The second-order valence-electron chi connectivity index (χ2n) is 8.74. The van der Waals surface area contributed by atoms with E-state index >= 15 is 0 Å². The lowest BCUT2D eigenvalue weighted by Gasteiger charge is -2.39. The van der Waals surface area contributed by atoms with Gasteiger partial charge in [0.1, 0.15) is 11.5 Å². The Kier molecular flexibility index (Phi) is 7.24. The number of benzene rings is 2.